The van der Waals surface area contributed by atoms with Crippen molar-refractivity contribution in [3.05, 3.63) is 72.3 Å². The van der Waals surface area contributed by atoms with Gasteiger partial charge in [-0.25, -0.2) is 0 Å². The van der Waals surface area contributed by atoms with Crippen LogP contribution in [0.1, 0.15) is 45.1 Å². The maximum absolute atomic E-state index is 13.5. The summed E-state index contributed by atoms with van der Waals surface area (Å²) in [5.74, 6) is -0.0514. The molecule has 248 valence electrons. The second-order valence-electron chi connectivity index (χ2n) is 11.2. The molecule has 45 heavy (non-hydrogen) atoms. The average Bonchev–Trinajstić information content (AvgIpc) is 3.07. The van der Waals surface area contributed by atoms with E-state index in [0.29, 0.717) is 30.8 Å². The highest BCUT2D eigenvalue weighted by molar-refractivity contribution is 8.22. The fraction of sp³-hybridized carbons (Fsp3) is 0.419. The maximum Gasteiger partial charge on any atom is 0.534 e. The van der Waals surface area contributed by atoms with Gasteiger partial charge in [-0.1, -0.05) is 57.0 Å². The summed E-state index contributed by atoms with van der Waals surface area (Å²) in [6.45, 7) is 4.41. The Bertz CT molecular complexity index is 1570. The van der Waals surface area contributed by atoms with Gasteiger partial charge < -0.3 is 18.7 Å². The third-order valence-electron chi connectivity index (χ3n) is 8.09. The van der Waals surface area contributed by atoms with Gasteiger partial charge in [0.25, 0.3) is 0 Å². The van der Waals surface area contributed by atoms with Crippen LogP contribution in [-0.2, 0) is 16.7 Å². The van der Waals surface area contributed by atoms with Gasteiger partial charge in [0.15, 0.2) is 5.75 Å². The lowest BCUT2D eigenvalue weighted by Crippen LogP contribution is -2.53. The molecule has 1 aliphatic heterocycles. The number of anilines is 3. The first kappa shape index (κ1) is 34.7. The first-order valence-electron chi connectivity index (χ1n) is 14.5. The van der Waals surface area contributed by atoms with E-state index in [-0.39, 0.29) is 17.1 Å². The van der Waals surface area contributed by atoms with Crippen LogP contribution in [0.15, 0.2) is 71.6 Å². The summed E-state index contributed by atoms with van der Waals surface area (Å²) in [4.78, 5) is 3.19. The molecule has 0 fully saturated rings. The fourth-order valence-corrected chi connectivity index (χ4v) is 8.13. The molecule has 1 heterocycles. The molecule has 0 bridgehead atoms. The number of fused-ring (bicyclic) bond motifs is 1. The molecule has 3 aromatic carbocycles. The molecule has 1 unspecified atom stereocenters. The van der Waals surface area contributed by atoms with Crippen molar-refractivity contribution in [3.8, 4) is 11.5 Å². The second kappa shape index (κ2) is 13.3. The zero-order valence-electron chi connectivity index (χ0n) is 25.9. The molecule has 0 aromatic heterocycles. The van der Waals surface area contributed by atoms with E-state index in [4.69, 9.17) is 4.74 Å². The molecular weight excluding hydrogens is 631 g/mol. The zero-order valence-corrected chi connectivity index (χ0v) is 27.5. The largest absolute Gasteiger partial charge is 0.534 e. The lowest BCUT2D eigenvalue weighted by atomic mass is 9.88. The van der Waals surface area contributed by atoms with Crippen LogP contribution < -0.4 is 18.7 Å². The zero-order chi connectivity index (χ0) is 33.2. The predicted octanol–water partition coefficient (Wildman–Crippen LogP) is 8.01. The number of halogens is 3. The SMILES string of the molecule is CCCCC1(CC)CN(c2ccccc2)c2cc(N(C)C)c(OS(=O)(=O)C(F)(F)F)cc2S(O)(O)N1Cc1ccc(OC)cc1. The Morgan fingerprint density at radius 1 is 1.02 bits per heavy atom. The highest BCUT2D eigenvalue weighted by Gasteiger charge is 2.51. The molecule has 0 saturated carbocycles. The van der Waals surface area contributed by atoms with E-state index < -0.39 is 37.7 Å². The molecule has 0 radical (unpaired) electrons. The summed E-state index contributed by atoms with van der Waals surface area (Å²) in [5, 5.41) is 0. The van der Waals surface area contributed by atoms with Gasteiger partial charge in [0.2, 0.25) is 0 Å². The fourth-order valence-electron chi connectivity index (χ4n) is 5.57. The van der Waals surface area contributed by atoms with Crippen LogP contribution >= 0.6 is 10.8 Å². The third-order valence-corrected chi connectivity index (χ3v) is 11.1. The number of methoxy groups -OCH3 is 1. The van der Waals surface area contributed by atoms with Gasteiger partial charge in [0.1, 0.15) is 10.6 Å². The summed E-state index contributed by atoms with van der Waals surface area (Å²) >= 11 is 0. The predicted molar refractivity (Wildman–Crippen MR) is 172 cm³/mol. The number of unbranched alkanes of at least 4 members (excludes halogenated alkanes) is 1. The van der Waals surface area contributed by atoms with Gasteiger partial charge in [-0.2, -0.15) is 25.9 Å². The van der Waals surface area contributed by atoms with Crippen LogP contribution in [0.4, 0.5) is 30.2 Å². The van der Waals surface area contributed by atoms with E-state index in [9.17, 15) is 30.7 Å². The highest BCUT2D eigenvalue weighted by Crippen LogP contribution is 2.64. The van der Waals surface area contributed by atoms with Crippen LogP contribution in [0, 0.1) is 0 Å². The van der Waals surface area contributed by atoms with Gasteiger partial charge in [-0.05, 0) is 48.7 Å². The first-order valence-corrected chi connectivity index (χ1v) is 17.4. The second-order valence-corrected chi connectivity index (χ2v) is 14.6. The monoisotopic (exact) mass is 671 g/mol. The van der Waals surface area contributed by atoms with Crippen molar-refractivity contribution in [2.45, 2.75) is 62.0 Å². The molecule has 1 aliphatic rings. The van der Waals surface area contributed by atoms with Crippen molar-refractivity contribution in [2.24, 2.45) is 0 Å². The standard InChI is InChI=1S/C31H40F3N3O6S2/c1-6-8-18-30(7-2)22-36(24-12-10-9-11-13-24)27-19-26(35(3)4)28(43-45(40,41)31(32,33)34)20-29(27)44(38,39)37(30)21-23-14-16-25(42-5)17-15-23/h9-17,19-20,38-39H,6-8,18,21-22H2,1-5H3. The van der Waals surface area contributed by atoms with Crippen LogP contribution in [0.5, 0.6) is 11.5 Å². The Kier molecular flexibility index (Phi) is 10.2. The number of nitrogens with zero attached hydrogens (tertiary/aromatic N) is 3. The molecule has 0 saturated heterocycles. The normalized spacial score (nSPS) is 19.4. The van der Waals surface area contributed by atoms with Gasteiger partial charge in [0, 0.05) is 38.9 Å². The smallest absolute Gasteiger partial charge is 0.497 e. The first-order chi connectivity index (χ1) is 21.1. The number of benzene rings is 3. The van der Waals surface area contributed by atoms with E-state index >= 15 is 0 Å². The quantitative estimate of drug-likeness (QED) is 0.155. The van der Waals surface area contributed by atoms with Gasteiger partial charge in [-0.3, -0.25) is 9.11 Å². The van der Waals surface area contributed by atoms with Crippen LogP contribution in [0.25, 0.3) is 0 Å². The van der Waals surface area contributed by atoms with Crippen molar-refractivity contribution in [1.29, 1.82) is 0 Å². The lowest BCUT2D eigenvalue weighted by molar-refractivity contribution is -0.0499. The average molecular weight is 672 g/mol. The molecular formula is C31H40F3N3O6S2. The summed E-state index contributed by atoms with van der Waals surface area (Å²) in [6, 6.07) is 18.9. The summed E-state index contributed by atoms with van der Waals surface area (Å²) in [5.41, 5.74) is -4.73. The van der Waals surface area contributed by atoms with Gasteiger partial charge in [0.05, 0.1) is 24.0 Å². The topological polar surface area (TPSA) is 103 Å². The number of hydrogen-bond donors (Lipinski definition) is 2. The van der Waals surface area contributed by atoms with Crippen molar-refractivity contribution in [3.63, 3.8) is 0 Å². The molecule has 9 nitrogen and oxygen atoms in total. The molecule has 4 rings (SSSR count). The number of rotatable bonds is 11. The third kappa shape index (κ3) is 6.99. The minimum absolute atomic E-state index is 0.0111. The van der Waals surface area contributed by atoms with Crippen LogP contribution in [-0.4, -0.2) is 60.6 Å². The number of alkyl halides is 3. The summed E-state index contributed by atoms with van der Waals surface area (Å²) < 4.78 is 101. The Balaban J connectivity index is 2.04. The number of para-hydroxylation sites is 1. The number of hydrogen-bond acceptors (Lipinski definition) is 9. The summed E-state index contributed by atoms with van der Waals surface area (Å²) in [6.07, 6.45) is 2.69. The Morgan fingerprint density at radius 2 is 1.67 bits per heavy atom. The molecule has 14 heteroatoms. The molecule has 0 amide bonds. The Labute approximate surface area is 264 Å². The molecule has 0 aliphatic carbocycles. The molecule has 2 N–H and O–H groups in total. The minimum Gasteiger partial charge on any atom is -0.497 e. The molecule has 0 spiro atoms. The van der Waals surface area contributed by atoms with E-state index in [0.717, 1.165) is 30.2 Å². The van der Waals surface area contributed by atoms with E-state index in [2.05, 4.69) is 4.18 Å². The number of ether oxygens (including phenoxy) is 1. The van der Waals surface area contributed by atoms with Crippen LogP contribution in [0.2, 0.25) is 0 Å². The van der Waals surface area contributed by atoms with Crippen LogP contribution in [0.3, 0.4) is 0 Å². The van der Waals surface area contributed by atoms with Gasteiger partial charge >= 0.3 is 15.6 Å². The highest BCUT2D eigenvalue weighted by atomic mass is 32.3. The van der Waals surface area contributed by atoms with Gasteiger partial charge in [-0.15, -0.1) is 10.8 Å². The van der Waals surface area contributed by atoms with Crippen molar-refractivity contribution in [2.75, 3.05) is 37.5 Å². The van der Waals surface area contributed by atoms with Crippen molar-refractivity contribution < 1.29 is 39.6 Å². The van der Waals surface area contributed by atoms with Crippen molar-refractivity contribution in [1.82, 2.24) is 4.31 Å². The Morgan fingerprint density at radius 3 is 2.20 bits per heavy atom. The Hall–Kier alpha value is -3.17. The summed E-state index contributed by atoms with van der Waals surface area (Å²) in [7, 11) is -5.46. The molecule has 3 aromatic rings. The van der Waals surface area contributed by atoms with E-state index in [1.54, 1.807) is 23.5 Å². The van der Waals surface area contributed by atoms with E-state index in [1.165, 1.54) is 25.1 Å². The lowest BCUT2D eigenvalue weighted by Gasteiger charge is -2.52. The molecule has 1 atom stereocenters. The maximum atomic E-state index is 13.5. The van der Waals surface area contributed by atoms with E-state index in [1.807, 2.05) is 61.2 Å². The van der Waals surface area contributed by atoms with Crippen molar-refractivity contribution >= 4 is 38.0 Å². The minimum atomic E-state index is -6.07.